The van der Waals surface area contributed by atoms with Crippen molar-refractivity contribution >= 4 is 5.91 Å². The van der Waals surface area contributed by atoms with Gasteiger partial charge in [0.25, 0.3) is 0 Å². The van der Waals surface area contributed by atoms with Gasteiger partial charge in [-0.05, 0) is 19.4 Å². The van der Waals surface area contributed by atoms with Crippen LogP contribution in [0.1, 0.15) is 12.8 Å². The second-order valence-electron chi connectivity index (χ2n) is 5.13. The van der Waals surface area contributed by atoms with Crippen LogP contribution in [-0.4, -0.2) is 78.2 Å². The van der Waals surface area contributed by atoms with Gasteiger partial charge < -0.3 is 35.4 Å². The molecule has 0 unspecified atom stereocenters. The van der Waals surface area contributed by atoms with E-state index in [9.17, 15) is 15.0 Å². The average molecular weight is 290 g/mol. The van der Waals surface area contributed by atoms with Crippen LogP contribution in [-0.2, 0) is 14.3 Å². The molecule has 2 fully saturated rings. The number of hydrogen-bond acceptors (Lipinski definition) is 7. The molecular weight excluding hydrogens is 268 g/mol. The Labute approximate surface area is 117 Å². The SMILES string of the molecule is CO[C@@H]1O[C@H](CO)[C@@H](O)[C@H](O)[C@H]1NC(=O)[C@H]1CCCN1. The van der Waals surface area contributed by atoms with Crippen molar-refractivity contribution in [2.45, 2.75) is 49.5 Å². The molecule has 116 valence electrons. The Morgan fingerprint density at radius 3 is 2.75 bits per heavy atom. The number of nitrogens with one attached hydrogen (secondary N) is 2. The van der Waals surface area contributed by atoms with E-state index in [1.54, 1.807) is 0 Å². The highest BCUT2D eigenvalue weighted by molar-refractivity contribution is 5.82. The van der Waals surface area contributed by atoms with Crippen LogP contribution < -0.4 is 10.6 Å². The Balaban J connectivity index is 2.01. The van der Waals surface area contributed by atoms with Gasteiger partial charge in [0.05, 0.1) is 12.6 Å². The zero-order valence-corrected chi connectivity index (χ0v) is 11.4. The Morgan fingerprint density at radius 2 is 2.20 bits per heavy atom. The highest BCUT2D eigenvalue weighted by atomic mass is 16.7. The number of hydrogen-bond donors (Lipinski definition) is 5. The zero-order valence-electron chi connectivity index (χ0n) is 11.4. The summed E-state index contributed by atoms with van der Waals surface area (Å²) in [5.74, 6) is -0.258. The van der Waals surface area contributed by atoms with Crippen LogP contribution in [0.3, 0.4) is 0 Å². The molecule has 2 saturated heterocycles. The smallest absolute Gasteiger partial charge is 0.237 e. The van der Waals surface area contributed by atoms with E-state index in [4.69, 9.17) is 14.6 Å². The molecule has 0 aromatic heterocycles. The number of ether oxygens (including phenoxy) is 2. The monoisotopic (exact) mass is 290 g/mol. The lowest BCUT2D eigenvalue weighted by Gasteiger charge is -2.42. The average Bonchev–Trinajstić information content (AvgIpc) is 2.98. The molecule has 0 radical (unpaired) electrons. The lowest BCUT2D eigenvalue weighted by atomic mass is 9.96. The van der Waals surface area contributed by atoms with Gasteiger partial charge in [0.2, 0.25) is 5.91 Å². The number of aliphatic hydroxyl groups is 3. The quantitative estimate of drug-likeness (QED) is 0.382. The summed E-state index contributed by atoms with van der Waals surface area (Å²) < 4.78 is 10.4. The number of amides is 1. The van der Waals surface area contributed by atoms with Crippen molar-refractivity contribution in [3.05, 3.63) is 0 Å². The van der Waals surface area contributed by atoms with Crippen LogP contribution in [0.15, 0.2) is 0 Å². The molecule has 0 bridgehead atoms. The lowest BCUT2D eigenvalue weighted by molar-refractivity contribution is -0.262. The molecule has 8 nitrogen and oxygen atoms in total. The number of aliphatic hydroxyl groups excluding tert-OH is 3. The van der Waals surface area contributed by atoms with Crippen LogP contribution in [0, 0.1) is 0 Å². The van der Waals surface area contributed by atoms with Crippen LogP contribution >= 0.6 is 0 Å². The number of rotatable bonds is 4. The van der Waals surface area contributed by atoms with Crippen molar-refractivity contribution in [1.29, 1.82) is 0 Å². The molecule has 0 saturated carbocycles. The minimum atomic E-state index is -1.28. The van der Waals surface area contributed by atoms with Gasteiger partial charge in [0, 0.05) is 7.11 Å². The minimum Gasteiger partial charge on any atom is -0.394 e. The molecule has 0 aromatic carbocycles. The summed E-state index contributed by atoms with van der Waals surface area (Å²) in [6.07, 6.45) is -2.76. The first-order valence-electron chi connectivity index (χ1n) is 6.77. The maximum Gasteiger partial charge on any atom is 0.237 e. The van der Waals surface area contributed by atoms with Crippen molar-refractivity contribution < 1.29 is 29.6 Å². The third-order valence-corrected chi connectivity index (χ3v) is 3.80. The summed E-state index contributed by atoms with van der Waals surface area (Å²) in [6, 6.07) is -1.18. The van der Waals surface area contributed by atoms with Gasteiger partial charge in [-0.25, -0.2) is 0 Å². The molecule has 2 aliphatic heterocycles. The van der Waals surface area contributed by atoms with E-state index >= 15 is 0 Å². The van der Waals surface area contributed by atoms with Crippen molar-refractivity contribution in [3.8, 4) is 0 Å². The van der Waals surface area contributed by atoms with Crippen molar-refractivity contribution in [3.63, 3.8) is 0 Å². The highest BCUT2D eigenvalue weighted by Gasteiger charge is 2.45. The summed E-state index contributed by atoms with van der Waals surface area (Å²) in [5, 5.41) is 34.7. The topological polar surface area (TPSA) is 120 Å². The Morgan fingerprint density at radius 1 is 1.45 bits per heavy atom. The molecule has 0 spiro atoms. The molecule has 1 amide bonds. The van der Waals surface area contributed by atoms with Crippen LogP contribution in [0.25, 0.3) is 0 Å². The summed E-state index contributed by atoms with van der Waals surface area (Å²) in [4.78, 5) is 12.1. The van der Waals surface area contributed by atoms with Crippen LogP contribution in [0.4, 0.5) is 0 Å². The van der Waals surface area contributed by atoms with E-state index in [0.717, 1.165) is 19.4 Å². The first-order valence-corrected chi connectivity index (χ1v) is 6.77. The first-order chi connectivity index (χ1) is 9.58. The summed E-state index contributed by atoms with van der Waals surface area (Å²) in [7, 11) is 1.37. The van der Waals surface area contributed by atoms with Gasteiger partial charge >= 0.3 is 0 Å². The van der Waals surface area contributed by atoms with E-state index in [0.29, 0.717) is 0 Å². The van der Waals surface area contributed by atoms with E-state index in [2.05, 4.69) is 10.6 Å². The molecule has 2 rings (SSSR count). The summed E-state index contributed by atoms with van der Waals surface area (Å²) in [6.45, 7) is 0.341. The maximum atomic E-state index is 12.1. The second kappa shape index (κ2) is 6.79. The van der Waals surface area contributed by atoms with Crippen LogP contribution in [0.5, 0.6) is 0 Å². The lowest BCUT2D eigenvalue weighted by Crippen LogP contribution is -2.65. The predicted molar refractivity (Wildman–Crippen MR) is 67.7 cm³/mol. The van der Waals surface area contributed by atoms with Gasteiger partial charge in [-0.3, -0.25) is 4.79 Å². The molecule has 0 aliphatic carbocycles. The number of carbonyl (C=O) groups excluding carboxylic acids is 1. The third-order valence-electron chi connectivity index (χ3n) is 3.80. The van der Waals surface area contributed by atoms with Crippen molar-refractivity contribution in [2.24, 2.45) is 0 Å². The Bertz CT molecular complexity index is 334. The fourth-order valence-corrected chi connectivity index (χ4v) is 2.61. The zero-order chi connectivity index (χ0) is 14.7. The molecule has 2 aliphatic rings. The fraction of sp³-hybridized carbons (Fsp3) is 0.917. The molecule has 8 heteroatoms. The molecular formula is C12H22N2O6. The first kappa shape index (κ1) is 15.6. The molecule has 2 heterocycles. The Kier molecular flexibility index (Phi) is 5.30. The maximum absolute atomic E-state index is 12.1. The van der Waals surface area contributed by atoms with Crippen molar-refractivity contribution in [2.75, 3.05) is 20.3 Å². The van der Waals surface area contributed by atoms with Gasteiger partial charge in [-0.15, -0.1) is 0 Å². The normalized spacial score (nSPS) is 41.6. The van der Waals surface area contributed by atoms with E-state index in [1.165, 1.54) is 7.11 Å². The van der Waals surface area contributed by atoms with Crippen molar-refractivity contribution in [1.82, 2.24) is 10.6 Å². The van der Waals surface area contributed by atoms with E-state index in [-0.39, 0.29) is 11.9 Å². The van der Waals surface area contributed by atoms with Gasteiger partial charge in [-0.1, -0.05) is 0 Å². The molecule has 0 aromatic rings. The van der Waals surface area contributed by atoms with Gasteiger partial charge in [-0.2, -0.15) is 0 Å². The second-order valence-corrected chi connectivity index (χ2v) is 5.13. The van der Waals surface area contributed by atoms with Gasteiger partial charge in [0.1, 0.15) is 24.4 Å². The number of methoxy groups -OCH3 is 1. The number of carbonyl (C=O) groups is 1. The largest absolute Gasteiger partial charge is 0.394 e. The van der Waals surface area contributed by atoms with Crippen LogP contribution in [0.2, 0.25) is 0 Å². The minimum absolute atomic E-state index is 0.258. The molecule has 5 N–H and O–H groups in total. The Hall–Kier alpha value is -0.770. The fourth-order valence-electron chi connectivity index (χ4n) is 2.61. The predicted octanol–water partition coefficient (Wildman–Crippen LogP) is -2.69. The standard InChI is InChI=1S/C12H22N2O6/c1-19-12-8(10(17)9(16)7(5-15)20-12)14-11(18)6-3-2-4-13-6/h6-10,12-13,15-17H,2-5H2,1H3,(H,14,18)/t6-,7-,8-,9-,10-,12-/m1/s1. The van der Waals surface area contributed by atoms with E-state index in [1.807, 2.05) is 0 Å². The summed E-state index contributed by atoms with van der Waals surface area (Å²) >= 11 is 0. The highest BCUT2D eigenvalue weighted by Crippen LogP contribution is 2.22. The van der Waals surface area contributed by atoms with Gasteiger partial charge in [0.15, 0.2) is 6.29 Å². The molecule has 6 atom stereocenters. The molecule has 20 heavy (non-hydrogen) atoms. The van der Waals surface area contributed by atoms with E-state index < -0.39 is 37.3 Å². The third kappa shape index (κ3) is 3.11. The summed E-state index contributed by atoms with van der Waals surface area (Å²) in [5.41, 5.74) is 0.